The Hall–Kier alpha value is -2.49. The lowest BCUT2D eigenvalue weighted by Crippen LogP contribution is -2.41. The molecule has 3 heteroatoms. The third-order valence-electron chi connectivity index (χ3n) is 6.11. The zero-order chi connectivity index (χ0) is 24.9. The molecule has 1 nitrogen and oxygen atoms in total. The summed E-state index contributed by atoms with van der Waals surface area (Å²) in [5, 5.41) is 0. The van der Waals surface area contributed by atoms with Gasteiger partial charge in [-0.25, -0.2) is 0 Å². The molecule has 0 fully saturated rings. The predicted molar refractivity (Wildman–Crippen MR) is 157 cm³/mol. The highest BCUT2D eigenvalue weighted by Crippen LogP contribution is 2.28. The first kappa shape index (κ1) is 25.6. The van der Waals surface area contributed by atoms with E-state index in [-0.39, 0.29) is 0 Å². The van der Waals surface area contributed by atoms with Gasteiger partial charge in [0, 0.05) is 38.6 Å². The summed E-state index contributed by atoms with van der Waals surface area (Å²) in [6.07, 6.45) is 4.49. The molecular formula is C32H32Br2N+. The van der Waals surface area contributed by atoms with Crippen LogP contribution < -0.4 is 4.57 Å². The van der Waals surface area contributed by atoms with E-state index in [4.69, 9.17) is 0 Å². The number of halogens is 2. The molecule has 0 atom stereocenters. The van der Waals surface area contributed by atoms with Crippen LogP contribution in [0.4, 0.5) is 0 Å². The number of hydrogen-bond acceptors (Lipinski definition) is 0. The SMILES string of the molecule is CC(C)C[n+]1c(/C=C/c2ccc(C(C)C)cc2)cc(-c2ccc(Br)cc2)cc1-c1ccc(Br)cc1. The first-order valence-electron chi connectivity index (χ1n) is 12.2. The van der Waals surface area contributed by atoms with Gasteiger partial charge in [-0.2, -0.15) is 4.57 Å². The van der Waals surface area contributed by atoms with Crippen LogP contribution >= 0.6 is 31.9 Å². The molecule has 35 heavy (non-hydrogen) atoms. The minimum absolute atomic E-state index is 0.519. The van der Waals surface area contributed by atoms with Crippen molar-refractivity contribution >= 4 is 44.0 Å². The molecule has 0 aliphatic heterocycles. The summed E-state index contributed by atoms with van der Waals surface area (Å²) in [6.45, 7) is 9.96. The predicted octanol–water partition coefficient (Wildman–Crippen LogP) is 9.78. The average Bonchev–Trinajstić information content (AvgIpc) is 2.84. The monoisotopic (exact) mass is 588 g/mol. The van der Waals surface area contributed by atoms with Crippen LogP contribution in [-0.2, 0) is 6.54 Å². The van der Waals surface area contributed by atoms with Crippen LogP contribution in [0.15, 0.2) is 93.9 Å². The zero-order valence-corrected chi connectivity index (χ0v) is 24.0. The van der Waals surface area contributed by atoms with E-state index < -0.39 is 0 Å². The molecule has 1 heterocycles. The topological polar surface area (TPSA) is 3.88 Å². The van der Waals surface area contributed by atoms with Crippen LogP contribution in [-0.4, -0.2) is 0 Å². The number of rotatable bonds is 7. The van der Waals surface area contributed by atoms with Crippen molar-refractivity contribution in [3.8, 4) is 22.4 Å². The average molecular weight is 590 g/mol. The molecule has 0 unspecified atom stereocenters. The summed E-state index contributed by atoms with van der Waals surface area (Å²) in [7, 11) is 0. The van der Waals surface area contributed by atoms with Crippen LogP contribution in [0.1, 0.15) is 50.4 Å². The van der Waals surface area contributed by atoms with Crippen molar-refractivity contribution in [3.05, 3.63) is 111 Å². The van der Waals surface area contributed by atoms with E-state index in [0.29, 0.717) is 11.8 Å². The molecule has 178 valence electrons. The van der Waals surface area contributed by atoms with Crippen molar-refractivity contribution in [1.82, 2.24) is 0 Å². The summed E-state index contributed by atoms with van der Waals surface area (Å²) in [5.41, 5.74) is 8.64. The molecule has 0 amide bonds. The molecular weight excluding hydrogens is 558 g/mol. The van der Waals surface area contributed by atoms with E-state index in [1.165, 1.54) is 39.2 Å². The van der Waals surface area contributed by atoms with E-state index in [1.807, 2.05) is 0 Å². The minimum Gasteiger partial charge on any atom is -0.192 e. The lowest BCUT2D eigenvalue weighted by Gasteiger charge is -2.13. The van der Waals surface area contributed by atoms with Crippen molar-refractivity contribution in [2.75, 3.05) is 0 Å². The van der Waals surface area contributed by atoms with Crippen molar-refractivity contribution in [3.63, 3.8) is 0 Å². The third-order valence-corrected chi connectivity index (χ3v) is 7.17. The first-order chi connectivity index (χ1) is 16.8. The van der Waals surface area contributed by atoms with E-state index in [1.54, 1.807) is 0 Å². The summed E-state index contributed by atoms with van der Waals surface area (Å²) in [6, 6.07) is 30.7. The van der Waals surface area contributed by atoms with Crippen LogP contribution in [0.2, 0.25) is 0 Å². The first-order valence-corrected chi connectivity index (χ1v) is 13.8. The highest BCUT2D eigenvalue weighted by Gasteiger charge is 2.21. The van der Waals surface area contributed by atoms with Crippen LogP contribution in [0.3, 0.4) is 0 Å². The maximum absolute atomic E-state index is 3.59. The Bertz CT molecular complexity index is 1300. The number of benzene rings is 3. The molecule has 0 saturated carbocycles. The Morgan fingerprint density at radius 2 is 1.23 bits per heavy atom. The third kappa shape index (κ3) is 6.59. The van der Waals surface area contributed by atoms with Gasteiger partial charge in [0.25, 0.3) is 0 Å². The Balaban J connectivity index is 1.87. The van der Waals surface area contributed by atoms with Gasteiger partial charge in [0.15, 0.2) is 6.54 Å². The maximum Gasteiger partial charge on any atom is 0.213 e. The number of aromatic nitrogens is 1. The second-order valence-corrected chi connectivity index (χ2v) is 11.6. The molecule has 0 spiro atoms. The molecule has 0 aliphatic carbocycles. The second-order valence-electron chi connectivity index (χ2n) is 9.73. The molecule has 0 aliphatic rings. The van der Waals surface area contributed by atoms with E-state index in [0.717, 1.165) is 15.5 Å². The lowest BCUT2D eigenvalue weighted by atomic mass is 9.99. The minimum atomic E-state index is 0.519. The van der Waals surface area contributed by atoms with Gasteiger partial charge in [-0.3, -0.25) is 0 Å². The largest absolute Gasteiger partial charge is 0.213 e. The Labute approximate surface area is 226 Å². The van der Waals surface area contributed by atoms with Gasteiger partial charge in [-0.15, -0.1) is 0 Å². The molecule has 0 saturated heterocycles. The molecule has 0 N–H and O–H groups in total. The fourth-order valence-electron chi connectivity index (χ4n) is 4.19. The normalized spacial score (nSPS) is 11.7. The highest BCUT2D eigenvalue weighted by molar-refractivity contribution is 9.10. The van der Waals surface area contributed by atoms with Gasteiger partial charge in [0.05, 0.1) is 0 Å². The lowest BCUT2D eigenvalue weighted by molar-refractivity contribution is -0.693. The van der Waals surface area contributed by atoms with E-state index >= 15 is 0 Å². The standard InChI is InChI=1S/C32H32Br2N/c1-22(2)21-35-31(18-7-24-5-8-25(9-6-24)23(3)4)19-28(26-10-14-29(33)15-11-26)20-32(35)27-12-16-30(34)17-13-27/h5-20,22-23H,21H2,1-4H3/q+1/b18-7+. The van der Waals surface area contributed by atoms with Crippen molar-refractivity contribution in [2.45, 2.75) is 40.2 Å². The van der Waals surface area contributed by atoms with Crippen molar-refractivity contribution < 1.29 is 4.57 Å². The smallest absolute Gasteiger partial charge is 0.192 e. The van der Waals surface area contributed by atoms with Gasteiger partial charge in [0.1, 0.15) is 0 Å². The molecule has 4 rings (SSSR count). The van der Waals surface area contributed by atoms with Gasteiger partial charge >= 0.3 is 0 Å². The molecule has 1 aromatic heterocycles. The summed E-state index contributed by atoms with van der Waals surface area (Å²) in [5.74, 6) is 1.06. The zero-order valence-electron chi connectivity index (χ0n) is 20.8. The number of pyridine rings is 1. The van der Waals surface area contributed by atoms with Gasteiger partial charge in [-0.05, 0) is 70.6 Å². The van der Waals surface area contributed by atoms with E-state index in [9.17, 15) is 0 Å². The van der Waals surface area contributed by atoms with E-state index in [2.05, 4.69) is 161 Å². The molecule has 4 aromatic rings. The van der Waals surface area contributed by atoms with Crippen LogP contribution in [0.5, 0.6) is 0 Å². The molecule has 0 bridgehead atoms. The number of nitrogens with zero attached hydrogens (tertiary/aromatic N) is 1. The summed E-state index contributed by atoms with van der Waals surface area (Å²) >= 11 is 7.17. The second kappa shape index (κ2) is 11.5. The Morgan fingerprint density at radius 3 is 1.77 bits per heavy atom. The number of hydrogen-bond donors (Lipinski definition) is 0. The van der Waals surface area contributed by atoms with Gasteiger partial charge in [0.2, 0.25) is 11.4 Å². The fourth-order valence-corrected chi connectivity index (χ4v) is 4.72. The van der Waals surface area contributed by atoms with Gasteiger partial charge < -0.3 is 0 Å². The van der Waals surface area contributed by atoms with Crippen molar-refractivity contribution in [1.29, 1.82) is 0 Å². The quantitative estimate of drug-likeness (QED) is 0.189. The maximum atomic E-state index is 3.59. The van der Waals surface area contributed by atoms with Gasteiger partial charge in [-0.1, -0.05) is 96.0 Å². The summed E-state index contributed by atoms with van der Waals surface area (Å²) in [4.78, 5) is 0. The summed E-state index contributed by atoms with van der Waals surface area (Å²) < 4.78 is 4.63. The van der Waals surface area contributed by atoms with Crippen LogP contribution in [0.25, 0.3) is 34.5 Å². The molecule has 0 radical (unpaired) electrons. The van der Waals surface area contributed by atoms with Crippen molar-refractivity contribution in [2.24, 2.45) is 5.92 Å². The Kier molecular flexibility index (Phi) is 8.41. The van der Waals surface area contributed by atoms with Crippen LogP contribution in [0, 0.1) is 5.92 Å². The highest BCUT2D eigenvalue weighted by atomic mass is 79.9. The molecule has 3 aromatic carbocycles. The fraction of sp³-hybridized carbons (Fsp3) is 0.219. The Morgan fingerprint density at radius 1 is 0.657 bits per heavy atom.